The van der Waals surface area contributed by atoms with Crippen LogP contribution < -0.4 is 0 Å². The number of unbranched alkanes of at least 4 members (excludes halogenated alkanes) is 27. The summed E-state index contributed by atoms with van der Waals surface area (Å²) in [6.45, 7) is 2.30. The topological polar surface area (TPSA) is 231 Å². The number of aliphatic hydroxyl groups is 2. The molecule has 0 aromatic carbocycles. The van der Waals surface area contributed by atoms with Gasteiger partial charge in [-0.1, -0.05) is 362 Å². The van der Waals surface area contributed by atoms with Gasteiger partial charge in [0.1, 0.15) is 25.4 Å². The van der Waals surface area contributed by atoms with Crippen molar-refractivity contribution in [1.29, 1.82) is 0 Å². The summed E-state index contributed by atoms with van der Waals surface area (Å²) in [6, 6.07) is 0. The lowest BCUT2D eigenvalue weighted by atomic mass is 10.0. The second-order valence-electron chi connectivity index (χ2n) is 29.6. The number of carbonyl (C=O) groups excluding carboxylic acids is 3. The fraction of sp³-hybridized carbons (Fsp3) is 0.626. The molecule has 0 saturated heterocycles. The Hall–Kier alpha value is -5.87. The maximum Gasteiger partial charge on any atom is 0.472 e. The Morgan fingerprint density at radius 2 is 0.427 bits per heavy atom. The van der Waals surface area contributed by atoms with Gasteiger partial charge in [0.15, 0.2) is 6.10 Å². The molecule has 0 bridgehead atoms. The molecule has 0 aliphatic rings. The Morgan fingerprint density at radius 3 is 0.692 bits per heavy atom. The van der Waals surface area contributed by atoms with Crippen LogP contribution in [-0.2, 0) is 55.8 Å². The van der Waals surface area contributed by atoms with Crippen molar-refractivity contribution in [2.75, 3.05) is 39.6 Å². The molecule has 0 rings (SSSR count). The van der Waals surface area contributed by atoms with Crippen LogP contribution in [0.3, 0.4) is 0 Å². The Morgan fingerprint density at radius 1 is 0.239 bits per heavy atom. The average molecular weight is 1670 g/mol. The minimum atomic E-state index is -4.96. The van der Waals surface area contributed by atoms with Gasteiger partial charge in [-0.2, -0.15) is 0 Å². The van der Waals surface area contributed by atoms with Crippen molar-refractivity contribution in [3.8, 4) is 0 Å². The van der Waals surface area contributed by atoms with Crippen molar-refractivity contribution in [3.63, 3.8) is 0 Å². The molecule has 16 nitrogen and oxygen atoms in total. The molecule has 4 N–H and O–H groups in total. The van der Waals surface area contributed by atoms with Gasteiger partial charge in [0.05, 0.1) is 26.4 Å². The van der Waals surface area contributed by atoms with Crippen LogP contribution in [0.25, 0.3) is 0 Å². The summed E-state index contributed by atoms with van der Waals surface area (Å²) in [7, 11) is -9.84. The molecule has 0 fully saturated rings. The van der Waals surface area contributed by atoms with Gasteiger partial charge in [0.2, 0.25) is 0 Å². The van der Waals surface area contributed by atoms with Crippen molar-refractivity contribution in [2.45, 2.75) is 360 Å². The first-order chi connectivity index (χ1) is 57.2. The van der Waals surface area contributed by atoms with Crippen LogP contribution in [0, 0.1) is 0 Å². The summed E-state index contributed by atoms with van der Waals surface area (Å²) >= 11 is 0. The summed E-state index contributed by atoms with van der Waals surface area (Å²) < 4.78 is 61.4. The van der Waals surface area contributed by atoms with E-state index in [0.29, 0.717) is 25.7 Å². The van der Waals surface area contributed by atoms with Crippen LogP contribution in [0.15, 0.2) is 207 Å². The molecule has 0 radical (unpaired) electrons. The number of allylic oxidation sites excluding steroid dienone is 34. The number of hydrogen-bond acceptors (Lipinski definition) is 14. The molecule has 0 aliphatic heterocycles. The Balaban J connectivity index is 4.65. The minimum absolute atomic E-state index is 0.0412. The van der Waals surface area contributed by atoms with E-state index in [0.717, 1.165) is 167 Å². The molecule has 0 spiro atoms. The van der Waals surface area contributed by atoms with Gasteiger partial charge in [-0.15, -0.1) is 0 Å². The number of carbonyl (C=O) groups is 3. The fourth-order valence-electron chi connectivity index (χ4n) is 11.7. The first kappa shape index (κ1) is 111. The molecular formula is C99H162O16P2. The number of phosphoric acid groups is 2. The standard InChI is InChI=1S/C99H162O16P2/c1-4-7-10-13-16-19-22-25-28-31-34-37-39-41-43-45-46-48-50-51-53-56-58-61-64-67-70-73-76-79-82-85-97(102)109-88-94(100)89-111-116(105,106)112-90-95(101)91-113-117(107,108)114-93-96(115-99(104)87-84-81-78-75-72-69-66-63-60-55-36-33-30-27-24-21-18-15-12-9-6-3)92-110-98(103)86-83-80-77-74-71-68-65-62-59-57-54-52-49-47-44-42-40-38-35-32-29-26-23-20-17-14-11-8-5-2/h7-12,16-21,25-30,34-38,41-44,49,52,55,63,66,72,75,94-96,100-101H,4-6,13-15,22-24,31-33,39-40,45-48,50-51,53-54,56-62,64-65,67-71,73-74,76-93H2,1-3H3,(H,105,106)(H,107,108)/b10-7-,11-8-,12-9-,19-16-,20-17-,21-18-,28-25-,29-26-,30-27-,37-34-,38-35-,43-41-,44-42-,52-49-,55-36-,66-63-,75-72-. The van der Waals surface area contributed by atoms with E-state index in [4.69, 9.17) is 32.3 Å². The molecule has 5 atom stereocenters. The van der Waals surface area contributed by atoms with E-state index in [-0.39, 0.29) is 19.3 Å². The van der Waals surface area contributed by atoms with Crippen LogP contribution >= 0.6 is 15.6 Å². The zero-order valence-electron chi connectivity index (χ0n) is 73.0. The summed E-state index contributed by atoms with van der Waals surface area (Å²) in [6.07, 6.45) is 120. The molecule has 5 unspecified atom stereocenters. The molecule has 117 heavy (non-hydrogen) atoms. The quantitative estimate of drug-likeness (QED) is 0.0146. The Bertz CT molecular complexity index is 2960. The highest BCUT2D eigenvalue weighted by molar-refractivity contribution is 7.47. The molecule has 0 saturated carbocycles. The normalized spacial score (nSPS) is 14.8. The summed E-state index contributed by atoms with van der Waals surface area (Å²) in [4.78, 5) is 59.0. The third-order valence-electron chi connectivity index (χ3n) is 18.5. The van der Waals surface area contributed by atoms with Gasteiger partial charge in [-0.25, -0.2) is 9.13 Å². The molecule has 0 amide bonds. The lowest BCUT2D eigenvalue weighted by molar-refractivity contribution is -0.161. The second kappa shape index (κ2) is 89.4. The monoisotopic (exact) mass is 1670 g/mol. The third-order valence-corrected chi connectivity index (χ3v) is 20.4. The lowest BCUT2D eigenvalue weighted by Gasteiger charge is -2.21. The molecule has 0 aliphatic carbocycles. The molecule has 18 heteroatoms. The minimum Gasteiger partial charge on any atom is -0.463 e. The second-order valence-corrected chi connectivity index (χ2v) is 32.5. The maximum atomic E-state index is 13.0. The highest BCUT2D eigenvalue weighted by Crippen LogP contribution is 2.45. The highest BCUT2D eigenvalue weighted by atomic mass is 31.2. The highest BCUT2D eigenvalue weighted by Gasteiger charge is 2.29. The van der Waals surface area contributed by atoms with Crippen LogP contribution in [-0.4, -0.2) is 95.9 Å². The van der Waals surface area contributed by atoms with Gasteiger partial charge >= 0.3 is 33.6 Å². The van der Waals surface area contributed by atoms with E-state index in [1.165, 1.54) is 109 Å². The van der Waals surface area contributed by atoms with Crippen molar-refractivity contribution in [1.82, 2.24) is 0 Å². The van der Waals surface area contributed by atoms with Crippen LogP contribution in [0.5, 0.6) is 0 Å². The van der Waals surface area contributed by atoms with E-state index < -0.39 is 91.5 Å². The molecule has 0 heterocycles. The zero-order valence-corrected chi connectivity index (χ0v) is 74.8. The predicted molar refractivity (Wildman–Crippen MR) is 491 cm³/mol. The van der Waals surface area contributed by atoms with Crippen molar-refractivity contribution >= 4 is 33.6 Å². The number of rotatable bonds is 84. The number of phosphoric ester groups is 2. The van der Waals surface area contributed by atoms with E-state index in [2.05, 4.69) is 227 Å². The van der Waals surface area contributed by atoms with Crippen LogP contribution in [0.1, 0.15) is 342 Å². The smallest absolute Gasteiger partial charge is 0.463 e. The average Bonchev–Trinajstić information content (AvgIpc) is 0.900. The fourth-order valence-corrected chi connectivity index (χ4v) is 13.3. The van der Waals surface area contributed by atoms with Gasteiger partial charge in [0, 0.05) is 19.3 Å². The first-order valence-electron chi connectivity index (χ1n) is 45.4. The summed E-state index contributed by atoms with van der Waals surface area (Å²) in [5, 5.41) is 20.7. The Kier molecular flexibility index (Phi) is 84.9. The molecular weight excluding hydrogens is 1510 g/mol. The molecule has 0 aromatic heterocycles. The SMILES string of the molecule is CC/C=C\C/C=C\C/C=C\C/C=C\C/C=C\C/C=C\CCCCCCCCCCCCC(=O)OCC(COP(=O)(O)OCC(O)COP(=O)(O)OCC(O)COC(=O)CCCCCCCCCCCCCCCCC/C=C\C/C=C\C/C=C\C/C=C\C/C=C\CC)OC(=O)CCCC/C=C\C/C=C\C/C=C\C/C=C\C/C=C\C/C=C\CC. The molecule has 664 valence electrons. The van der Waals surface area contributed by atoms with E-state index in [1.807, 2.05) is 0 Å². The number of esters is 3. The Labute approximate surface area is 711 Å². The summed E-state index contributed by atoms with van der Waals surface area (Å²) in [5.41, 5.74) is 0. The summed E-state index contributed by atoms with van der Waals surface area (Å²) in [5.74, 6) is -1.64. The predicted octanol–water partition coefficient (Wildman–Crippen LogP) is 28.0. The van der Waals surface area contributed by atoms with Crippen molar-refractivity contribution in [3.05, 3.63) is 207 Å². The number of aliphatic hydroxyl groups excluding tert-OH is 2. The van der Waals surface area contributed by atoms with Crippen LogP contribution in [0.2, 0.25) is 0 Å². The van der Waals surface area contributed by atoms with Crippen molar-refractivity contribution in [2.24, 2.45) is 0 Å². The van der Waals surface area contributed by atoms with E-state index in [1.54, 1.807) is 0 Å². The third kappa shape index (κ3) is 90.7. The van der Waals surface area contributed by atoms with Crippen molar-refractivity contribution < 1.29 is 75.8 Å². The van der Waals surface area contributed by atoms with Gasteiger partial charge in [-0.3, -0.25) is 32.5 Å². The molecule has 0 aromatic rings. The maximum absolute atomic E-state index is 13.0. The largest absolute Gasteiger partial charge is 0.472 e. The van der Waals surface area contributed by atoms with Gasteiger partial charge < -0.3 is 34.2 Å². The number of ether oxygens (including phenoxy) is 3. The van der Waals surface area contributed by atoms with Crippen LogP contribution in [0.4, 0.5) is 0 Å². The van der Waals surface area contributed by atoms with Gasteiger partial charge in [-0.05, 0) is 167 Å². The first-order valence-corrected chi connectivity index (χ1v) is 48.4. The van der Waals surface area contributed by atoms with Gasteiger partial charge in [0.25, 0.3) is 0 Å². The zero-order chi connectivity index (χ0) is 85.1. The van der Waals surface area contributed by atoms with E-state index in [9.17, 15) is 43.5 Å². The number of hydrogen-bond donors (Lipinski definition) is 4. The lowest BCUT2D eigenvalue weighted by Crippen LogP contribution is -2.30. The van der Waals surface area contributed by atoms with E-state index >= 15 is 0 Å².